The number of rotatable bonds is 5. The summed E-state index contributed by atoms with van der Waals surface area (Å²) in [5.74, 6) is -0.212. The summed E-state index contributed by atoms with van der Waals surface area (Å²) in [5.41, 5.74) is 4.74. The van der Waals surface area contributed by atoms with Crippen LogP contribution in [-0.2, 0) is 4.74 Å². The molecular formula is C24H22N4O2. The van der Waals surface area contributed by atoms with Crippen molar-refractivity contribution in [2.75, 3.05) is 13.2 Å². The van der Waals surface area contributed by atoms with Crippen molar-refractivity contribution in [2.24, 2.45) is 0 Å². The van der Waals surface area contributed by atoms with Gasteiger partial charge in [0.2, 0.25) is 0 Å². The van der Waals surface area contributed by atoms with E-state index in [4.69, 9.17) is 9.72 Å². The van der Waals surface area contributed by atoms with Crippen molar-refractivity contribution in [2.45, 2.75) is 18.9 Å². The molecule has 2 aromatic heterocycles. The number of benzene rings is 2. The van der Waals surface area contributed by atoms with Crippen molar-refractivity contribution >= 4 is 11.6 Å². The zero-order valence-electron chi connectivity index (χ0n) is 16.5. The molecule has 0 saturated carbocycles. The number of hydrogen-bond acceptors (Lipinski definition) is 4. The van der Waals surface area contributed by atoms with Gasteiger partial charge >= 0.3 is 0 Å². The molecule has 1 N–H and O–H groups in total. The van der Waals surface area contributed by atoms with Gasteiger partial charge in [-0.2, -0.15) is 5.10 Å². The second-order valence-electron chi connectivity index (χ2n) is 7.40. The van der Waals surface area contributed by atoms with Crippen LogP contribution in [0.3, 0.4) is 0 Å². The number of nitrogens with one attached hydrogen (secondary N) is 1. The Labute approximate surface area is 174 Å². The monoisotopic (exact) mass is 398 g/mol. The minimum Gasteiger partial charge on any atom is -0.376 e. The van der Waals surface area contributed by atoms with Gasteiger partial charge in [0.05, 0.1) is 17.5 Å². The van der Waals surface area contributed by atoms with E-state index in [1.807, 2.05) is 66.7 Å². The molecule has 1 atom stereocenters. The molecule has 1 aliphatic heterocycles. The number of fused-ring (bicyclic) bond motifs is 1. The van der Waals surface area contributed by atoms with Gasteiger partial charge < -0.3 is 10.1 Å². The average Bonchev–Trinajstić information content (AvgIpc) is 3.48. The van der Waals surface area contributed by atoms with Gasteiger partial charge in [0, 0.05) is 30.3 Å². The number of nitrogens with zero attached hydrogens (tertiary/aromatic N) is 3. The van der Waals surface area contributed by atoms with Crippen LogP contribution in [0.25, 0.3) is 28.2 Å². The number of ether oxygens (including phenoxy) is 1. The van der Waals surface area contributed by atoms with Crippen LogP contribution in [0.5, 0.6) is 0 Å². The van der Waals surface area contributed by atoms with Crippen molar-refractivity contribution in [3.05, 3.63) is 78.5 Å². The molecule has 1 aliphatic rings. The van der Waals surface area contributed by atoms with Crippen molar-refractivity contribution in [3.8, 4) is 22.5 Å². The lowest BCUT2D eigenvalue weighted by molar-refractivity contribution is 0.0853. The summed E-state index contributed by atoms with van der Waals surface area (Å²) in [6.45, 7) is 1.27. The smallest absolute Gasteiger partial charge is 0.271 e. The van der Waals surface area contributed by atoms with E-state index in [2.05, 4.69) is 10.4 Å². The first-order chi connectivity index (χ1) is 14.8. The second-order valence-corrected chi connectivity index (χ2v) is 7.40. The van der Waals surface area contributed by atoms with Gasteiger partial charge in [0.1, 0.15) is 0 Å². The van der Waals surface area contributed by atoms with Gasteiger partial charge in [0.15, 0.2) is 11.3 Å². The van der Waals surface area contributed by atoms with Crippen LogP contribution in [0.1, 0.15) is 23.3 Å². The van der Waals surface area contributed by atoms with Crippen LogP contribution in [0.4, 0.5) is 0 Å². The molecule has 0 bridgehead atoms. The normalized spacial score (nSPS) is 16.1. The number of aromatic nitrogens is 3. The quantitative estimate of drug-likeness (QED) is 0.552. The first kappa shape index (κ1) is 18.5. The second kappa shape index (κ2) is 8.08. The highest BCUT2D eigenvalue weighted by Gasteiger charge is 2.19. The number of carbonyl (C=O) groups excluding carboxylic acids is 1. The van der Waals surface area contributed by atoms with Crippen molar-refractivity contribution < 1.29 is 9.53 Å². The summed E-state index contributed by atoms with van der Waals surface area (Å²) >= 11 is 0. The fourth-order valence-corrected chi connectivity index (χ4v) is 3.76. The fraction of sp³-hybridized carbons (Fsp3) is 0.208. The van der Waals surface area contributed by atoms with E-state index < -0.39 is 0 Å². The number of amides is 1. The molecule has 0 aliphatic carbocycles. The van der Waals surface area contributed by atoms with E-state index in [1.54, 1.807) is 10.6 Å². The molecule has 0 spiro atoms. The van der Waals surface area contributed by atoms with Crippen molar-refractivity contribution in [1.82, 2.24) is 19.9 Å². The van der Waals surface area contributed by atoms with E-state index in [-0.39, 0.29) is 12.0 Å². The average molecular weight is 398 g/mol. The van der Waals surface area contributed by atoms with Gasteiger partial charge in [-0.3, -0.25) is 4.79 Å². The topological polar surface area (TPSA) is 68.5 Å². The molecular weight excluding hydrogens is 376 g/mol. The SMILES string of the molecule is O=C(NCC1CCCO1)c1cc2nc(-c3ccccc3)cc(-c3ccccc3)n2n1. The minimum absolute atomic E-state index is 0.0914. The molecule has 4 aromatic rings. The Balaban J connectivity index is 1.54. The lowest BCUT2D eigenvalue weighted by Crippen LogP contribution is -2.32. The number of hydrogen-bond donors (Lipinski definition) is 1. The van der Waals surface area contributed by atoms with Crippen molar-refractivity contribution in [1.29, 1.82) is 0 Å². The summed E-state index contributed by atoms with van der Waals surface area (Å²) in [7, 11) is 0. The van der Waals surface area contributed by atoms with Crippen LogP contribution in [0, 0.1) is 0 Å². The van der Waals surface area contributed by atoms with Crippen LogP contribution >= 0.6 is 0 Å². The molecule has 1 fully saturated rings. The molecule has 6 nitrogen and oxygen atoms in total. The maximum Gasteiger partial charge on any atom is 0.271 e. The summed E-state index contributed by atoms with van der Waals surface area (Å²) < 4.78 is 7.33. The first-order valence-electron chi connectivity index (χ1n) is 10.2. The maximum atomic E-state index is 12.7. The third-order valence-corrected chi connectivity index (χ3v) is 5.31. The lowest BCUT2D eigenvalue weighted by Gasteiger charge is -2.09. The predicted molar refractivity (Wildman–Crippen MR) is 115 cm³/mol. The predicted octanol–water partition coefficient (Wildman–Crippen LogP) is 3.97. The van der Waals surface area contributed by atoms with Crippen LogP contribution in [-0.4, -0.2) is 39.8 Å². The van der Waals surface area contributed by atoms with Gasteiger partial charge in [-0.1, -0.05) is 60.7 Å². The Morgan fingerprint density at radius 3 is 2.47 bits per heavy atom. The van der Waals surface area contributed by atoms with E-state index in [9.17, 15) is 4.79 Å². The molecule has 1 amide bonds. The Hall–Kier alpha value is -3.51. The maximum absolute atomic E-state index is 12.7. The Bertz CT molecular complexity index is 1170. The highest BCUT2D eigenvalue weighted by Crippen LogP contribution is 2.26. The summed E-state index contributed by atoms with van der Waals surface area (Å²) in [5, 5.41) is 7.51. The Morgan fingerprint density at radius 2 is 1.77 bits per heavy atom. The molecule has 0 radical (unpaired) electrons. The fourth-order valence-electron chi connectivity index (χ4n) is 3.76. The zero-order valence-corrected chi connectivity index (χ0v) is 16.5. The van der Waals surface area contributed by atoms with E-state index >= 15 is 0 Å². The minimum atomic E-state index is -0.212. The van der Waals surface area contributed by atoms with Crippen molar-refractivity contribution in [3.63, 3.8) is 0 Å². The largest absolute Gasteiger partial charge is 0.376 e. The molecule has 1 saturated heterocycles. The van der Waals surface area contributed by atoms with E-state index in [0.29, 0.717) is 17.9 Å². The summed E-state index contributed by atoms with van der Waals surface area (Å²) in [6.07, 6.45) is 2.11. The highest BCUT2D eigenvalue weighted by atomic mass is 16.5. The van der Waals surface area contributed by atoms with Crippen LogP contribution in [0.2, 0.25) is 0 Å². The summed E-state index contributed by atoms with van der Waals surface area (Å²) in [4.78, 5) is 17.5. The summed E-state index contributed by atoms with van der Waals surface area (Å²) in [6, 6.07) is 23.8. The third-order valence-electron chi connectivity index (χ3n) is 5.31. The van der Waals surface area contributed by atoms with Gasteiger partial charge in [0.25, 0.3) is 5.91 Å². The molecule has 5 rings (SSSR count). The van der Waals surface area contributed by atoms with E-state index in [0.717, 1.165) is 42.0 Å². The van der Waals surface area contributed by atoms with Crippen LogP contribution < -0.4 is 5.32 Å². The third kappa shape index (κ3) is 3.69. The van der Waals surface area contributed by atoms with Crippen LogP contribution in [0.15, 0.2) is 72.8 Å². The molecule has 30 heavy (non-hydrogen) atoms. The molecule has 150 valence electrons. The van der Waals surface area contributed by atoms with Gasteiger partial charge in [-0.25, -0.2) is 9.50 Å². The number of carbonyl (C=O) groups is 1. The standard InChI is InChI=1S/C24H22N4O2/c29-24(25-16-19-12-7-13-30-19)21-15-23-26-20(17-8-3-1-4-9-17)14-22(28(23)27-21)18-10-5-2-6-11-18/h1-6,8-11,14-15,19H,7,12-13,16H2,(H,25,29). The molecule has 6 heteroatoms. The van der Waals surface area contributed by atoms with E-state index in [1.165, 1.54) is 0 Å². The Morgan fingerprint density at radius 1 is 1.03 bits per heavy atom. The molecule has 2 aromatic carbocycles. The first-order valence-corrected chi connectivity index (χ1v) is 10.2. The molecule has 3 heterocycles. The molecule has 1 unspecified atom stereocenters. The lowest BCUT2D eigenvalue weighted by atomic mass is 10.1. The van der Waals surface area contributed by atoms with Gasteiger partial charge in [-0.15, -0.1) is 0 Å². The highest BCUT2D eigenvalue weighted by molar-refractivity contribution is 5.93. The Kier molecular flexibility index (Phi) is 4.99. The zero-order chi connectivity index (χ0) is 20.3. The van der Waals surface area contributed by atoms with Gasteiger partial charge in [-0.05, 0) is 18.9 Å².